The van der Waals surface area contributed by atoms with E-state index in [0.29, 0.717) is 10.8 Å². The molecule has 0 aliphatic heterocycles. The molecule has 17 heavy (non-hydrogen) atoms. The second kappa shape index (κ2) is 4.21. The number of halogens is 3. The van der Waals surface area contributed by atoms with Crippen molar-refractivity contribution >= 4 is 17.4 Å². The van der Waals surface area contributed by atoms with Gasteiger partial charge in [-0.3, -0.25) is 4.40 Å². The molecule has 0 spiro atoms. The van der Waals surface area contributed by atoms with Crippen molar-refractivity contribution in [3.8, 4) is 0 Å². The van der Waals surface area contributed by atoms with E-state index in [1.165, 1.54) is 22.2 Å². The molecule has 7 heteroatoms. The normalized spacial score (nSPS) is 12.6. The summed E-state index contributed by atoms with van der Waals surface area (Å²) < 4.78 is 39.0. The number of pyridine rings is 1. The topological polar surface area (TPSA) is 30.2 Å². The largest absolute Gasteiger partial charge is 0.417 e. The van der Waals surface area contributed by atoms with Crippen molar-refractivity contribution in [2.24, 2.45) is 0 Å². The molecule has 0 bridgehead atoms. The van der Waals surface area contributed by atoms with E-state index in [1.807, 2.05) is 13.8 Å². The van der Waals surface area contributed by atoms with Crippen LogP contribution in [-0.4, -0.2) is 19.8 Å². The molecule has 0 aliphatic rings. The number of hydrogen-bond donors (Lipinski definition) is 0. The Morgan fingerprint density at radius 1 is 1.24 bits per heavy atom. The van der Waals surface area contributed by atoms with Gasteiger partial charge >= 0.3 is 6.18 Å². The van der Waals surface area contributed by atoms with E-state index in [-0.39, 0.29) is 5.25 Å². The zero-order valence-corrected chi connectivity index (χ0v) is 10.0. The molecule has 2 heterocycles. The molecule has 0 N–H and O–H groups in total. The van der Waals surface area contributed by atoms with Gasteiger partial charge in [-0.25, -0.2) is 0 Å². The number of nitrogens with zero attached hydrogens (tertiary/aromatic N) is 3. The zero-order chi connectivity index (χ0) is 12.6. The van der Waals surface area contributed by atoms with E-state index in [4.69, 9.17) is 0 Å². The van der Waals surface area contributed by atoms with Crippen LogP contribution in [0.4, 0.5) is 13.2 Å². The van der Waals surface area contributed by atoms with E-state index < -0.39 is 11.7 Å². The quantitative estimate of drug-likeness (QED) is 0.777. The van der Waals surface area contributed by atoms with Crippen LogP contribution >= 0.6 is 11.8 Å². The second-order valence-corrected chi connectivity index (χ2v) is 5.34. The summed E-state index contributed by atoms with van der Waals surface area (Å²) in [6, 6.07) is 2.33. The number of rotatable bonds is 2. The highest BCUT2D eigenvalue weighted by Gasteiger charge is 2.31. The molecule has 2 aromatic rings. The van der Waals surface area contributed by atoms with Crippen molar-refractivity contribution in [2.75, 3.05) is 0 Å². The van der Waals surface area contributed by atoms with Crippen molar-refractivity contribution in [3.63, 3.8) is 0 Å². The third-order valence-corrected chi connectivity index (χ3v) is 3.00. The van der Waals surface area contributed by atoms with Crippen LogP contribution in [0, 0.1) is 0 Å². The monoisotopic (exact) mass is 261 g/mol. The fourth-order valence-corrected chi connectivity index (χ4v) is 2.10. The summed E-state index contributed by atoms with van der Waals surface area (Å²) in [5.74, 6) is 0. The van der Waals surface area contributed by atoms with Crippen LogP contribution in [0.1, 0.15) is 19.4 Å². The SMILES string of the molecule is CC(C)Sc1nnc2ccc(C(F)(F)F)cn12. The number of hydrogen-bond acceptors (Lipinski definition) is 3. The Kier molecular flexibility index (Phi) is 3.03. The molecule has 2 aromatic heterocycles. The fourth-order valence-electron chi connectivity index (χ4n) is 1.33. The molecule has 0 fully saturated rings. The van der Waals surface area contributed by atoms with Gasteiger partial charge in [0.1, 0.15) is 0 Å². The summed E-state index contributed by atoms with van der Waals surface area (Å²) in [5, 5.41) is 8.39. The van der Waals surface area contributed by atoms with E-state index in [2.05, 4.69) is 10.2 Å². The fraction of sp³-hybridized carbons (Fsp3) is 0.400. The third kappa shape index (κ3) is 2.54. The molecule has 0 saturated heterocycles. The van der Waals surface area contributed by atoms with Gasteiger partial charge in [-0.05, 0) is 12.1 Å². The molecule has 0 unspecified atom stereocenters. The van der Waals surface area contributed by atoms with Gasteiger partial charge in [0.25, 0.3) is 0 Å². The maximum absolute atomic E-state index is 12.6. The Morgan fingerprint density at radius 3 is 2.53 bits per heavy atom. The lowest BCUT2D eigenvalue weighted by atomic mass is 10.3. The standard InChI is InChI=1S/C10H10F3N3S/c1-6(2)17-9-15-14-8-4-3-7(5-16(8)9)10(11,12)13/h3-6H,1-2H3. The average Bonchev–Trinajstić information content (AvgIpc) is 2.59. The highest BCUT2D eigenvalue weighted by Crippen LogP contribution is 2.30. The second-order valence-electron chi connectivity index (χ2n) is 3.79. The molecule has 3 nitrogen and oxygen atoms in total. The predicted molar refractivity (Wildman–Crippen MR) is 59.0 cm³/mol. The van der Waals surface area contributed by atoms with Gasteiger partial charge in [-0.1, -0.05) is 25.6 Å². The molecule has 0 radical (unpaired) electrons. The predicted octanol–water partition coefficient (Wildman–Crippen LogP) is 3.25. The minimum absolute atomic E-state index is 0.233. The molecule has 0 saturated carbocycles. The molecule has 0 aromatic carbocycles. The van der Waals surface area contributed by atoms with Gasteiger partial charge in [0.2, 0.25) is 0 Å². The van der Waals surface area contributed by atoms with Crippen LogP contribution < -0.4 is 0 Å². The molecule has 0 amide bonds. The lowest BCUT2D eigenvalue weighted by molar-refractivity contribution is -0.137. The van der Waals surface area contributed by atoms with Crippen molar-refractivity contribution in [2.45, 2.75) is 30.4 Å². The summed E-state index contributed by atoms with van der Waals surface area (Å²) >= 11 is 1.38. The van der Waals surface area contributed by atoms with Crippen molar-refractivity contribution in [3.05, 3.63) is 23.9 Å². The summed E-state index contributed by atoms with van der Waals surface area (Å²) in [7, 11) is 0. The van der Waals surface area contributed by atoms with Crippen LogP contribution in [0.3, 0.4) is 0 Å². The lowest BCUT2D eigenvalue weighted by Gasteiger charge is -2.07. The van der Waals surface area contributed by atoms with Gasteiger partial charge in [-0.15, -0.1) is 10.2 Å². The molecule has 92 valence electrons. The van der Waals surface area contributed by atoms with Crippen molar-refractivity contribution < 1.29 is 13.2 Å². The average molecular weight is 261 g/mol. The zero-order valence-electron chi connectivity index (χ0n) is 9.19. The highest BCUT2D eigenvalue weighted by molar-refractivity contribution is 7.99. The lowest BCUT2D eigenvalue weighted by Crippen LogP contribution is -2.06. The van der Waals surface area contributed by atoms with Gasteiger partial charge in [0, 0.05) is 11.4 Å². The van der Waals surface area contributed by atoms with Crippen LogP contribution in [0.15, 0.2) is 23.5 Å². The van der Waals surface area contributed by atoms with Gasteiger partial charge < -0.3 is 0 Å². The molecule has 0 aliphatic carbocycles. The van der Waals surface area contributed by atoms with Gasteiger partial charge in [-0.2, -0.15) is 13.2 Å². The maximum Gasteiger partial charge on any atom is 0.417 e. The number of thioether (sulfide) groups is 1. The third-order valence-electron chi connectivity index (χ3n) is 2.04. The summed E-state index contributed by atoms with van der Waals surface area (Å²) in [6.45, 7) is 3.89. The van der Waals surface area contributed by atoms with E-state index in [9.17, 15) is 13.2 Å². The van der Waals surface area contributed by atoms with Crippen molar-refractivity contribution in [1.29, 1.82) is 0 Å². The Bertz CT molecular complexity index is 533. The summed E-state index contributed by atoms with van der Waals surface area (Å²) in [5.41, 5.74) is -0.281. The summed E-state index contributed by atoms with van der Waals surface area (Å²) in [4.78, 5) is 0. The van der Waals surface area contributed by atoms with E-state index >= 15 is 0 Å². The van der Waals surface area contributed by atoms with Crippen LogP contribution in [0.5, 0.6) is 0 Å². The summed E-state index contributed by atoms with van der Waals surface area (Å²) in [6.07, 6.45) is -3.32. The number of aromatic nitrogens is 3. The van der Waals surface area contributed by atoms with E-state index in [1.54, 1.807) is 0 Å². The van der Waals surface area contributed by atoms with Gasteiger partial charge in [0.05, 0.1) is 5.56 Å². The maximum atomic E-state index is 12.6. The molecule has 2 rings (SSSR count). The minimum atomic E-state index is -4.35. The first-order valence-electron chi connectivity index (χ1n) is 4.96. The number of alkyl halides is 3. The van der Waals surface area contributed by atoms with E-state index in [0.717, 1.165) is 12.3 Å². The van der Waals surface area contributed by atoms with Crippen LogP contribution in [0.2, 0.25) is 0 Å². The Hall–Kier alpha value is -1.24. The van der Waals surface area contributed by atoms with Crippen LogP contribution in [-0.2, 0) is 6.18 Å². The first kappa shape index (κ1) is 12.2. The Balaban J connectivity index is 2.50. The Morgan fingerprint density at radius 2 is 1.94 bits per heavy atom. The first-order valence-corrected chi connectivity index (χ1v) is 5.84. The van der Waals surface area contributed by atoms with Crippen molar-refractivity contribution in [1.82, 2.24) is 14.6 Å². The molecule has 0 atom stereocenters. The first-order chi connectivity index (χ1) is 7.88. The Labute approximate surface area is 100 Å². The molecular weight excluding hydrogens is 251 g/mol. The molecular formula is C10H10F3N3S. The van der Waals surface area contributed by atoms with Crippen LogP contribution in [0.25, 0.3) is 5.65 Å². The number of fused-ring (bicyclic) bond motifs is 1. The smallest absolute Gasteiger partial charge is 0.277 e. The highest BCUT2D eigenvalue weighted by atomic mass is 32.2. The minimum Gasteiger partial charge on any atom is -0.277 e. The van der Waals surface area contributed by atoms with Gasteiger partial charge in [0.15, 0.2) is 10.8 Å².